The summed E-state index contributed by atoms with van der Waals surface area (Å²) in [4.78, 5) is 0. The van der Waals surface area contributed by atoms with Crippen molar-refractivity contribution in [3.63, 3.8) is 0 Å². The molecule has 0 heterocycles. The molecule has 98 valence electrons. The Balaban J connectivity index is 3.80. The summed E-state index contributed by atoms with van der Waals surface area (Å²) in [5.74, 6) is 0. The Bertz CT molecular complexity index is 278. The number of methoxy groups -OCH3 is 1. The molecule has 0 bridgehead atoms. The van der Waals surface area contributed by atoms with Crippen LogP contribution in [0.3, 0.4) is 0 Å². The lowest BCUT2D eigenvalue weighted by atomic mass is 10.1. The Morgan fingerprint density at radius 2 is 1.35 bits per heavy atom. The van der Waals surface area contributed by atoms with E-state index >= 15 is 0 Å². The summed E-state index contributed by atoms with van der Waals surface area (Å²) in [5.41, 5.74) is 4.33. The van der Waals surface area contributed by atoms with Gasteiger partial charge in [-0.25, -0.2) is 0 Å². The fourth-order valence-corrected chi connectivity index (χ4v) is 1.56. The zero-order valence-corrected chi connectivity index (χ0v) is 12.2. The van der Waals surface area contributed by atoms with Gasteiger partial charge in [0.25, 0.3) is 0 Å². The summed E-state index contributed by atoms with van der Waals surface area (Å²) < 4.78 is 5.02. The van der Waals surface area contributed by atoms with Crippen LogP contribution in [0.5, 0.6) is 0 Å². The van der Waals surface area contributed by atoms with E-state index < -0.39 is 0 Å². The van der Waals surface area contributed by atoms with Crippen LogP contribution < -0.4 is 0 Å². The van der Waals surface area contributed by atoms with Gasteiger partial charge in [0.1, 0.15) is 0 Å². The first-order valence-corrected chi connectivity index (χ1v) is 6.49. The van der Waals surface area contributed by atoms with E-state index in [0.717, 1.165) is 19.4 Å². The first-order chi connectivity index (χ1) is 8.06. The molecule has 0 aliphatic carbocycles. The van der Waals surface area contributed by atoms with E-state index in [1.165, 1.54) is 29.6 Å². The number of hydrogen-bond donors (Lipinski definition) is 0. The number of allylic oxidation sites excluding steroid dienone is 5. The molecule has 0 amide bonds. The third-order valence-electron chi connectivity index (χ3n) is 2.72. The summed E-state index contributed by atoms with van der Waals surface area (Å²) >= 11 is 0. The predicted molar refractivity (Wildman–Crippen MR) is 77.3 cm³/mol. The molecule has 0 aromatic rings. The number of hydrogen-bond acceptors (Lipinski definition) is 1. The van der Waals surface area contributed by atoms with E-state index in [-0.39, 0.29) is 0 Å². The van der Waals surface area contributed by atoms with E-state index in [1.54, 1.807) is 7.11 Å². The molecular formula is C16H28O. The van der Waals surface area contributed by atoms with E-state index in [4.69, 9.17) is 4.74 Å². The third kappa shape index (κ3) is 11.4. The molecule has 0 saturated heterocycles. The molecule has 0 aliphatic heterocycles. The van der Waals surface area contributed by atoms with E-state index in [1.807, 2.05) is 0 Å². The maximum Gasteiger partial charge on any atom is 0.0646 e. The lowest BCUT2D eigenvalue weighted by Gasteiger charge is -2.01. The molecule has 0 rings (SSSR count). The monoisotopic (exact) mass is 236 g/mol. The van der Waals surface area contributed by atoms with Gasteiger partial charge in [-0.05, 0) is 53.4 Å². The topological polar surface area (TPSA) is 9.23 Å². The average molecular weight is 236 g/mol. The van der Waals surface area contributed by atoms with Crippen molar-refractivity contribution < 1.29 is 4.74 Å². The zero-order valence-electron chi connectivity index (χ0n) is 12.2. The van der Waals surface area contributed by atoms with Crippen molar-refractivity contribution in [2.24, 2.45) is 0 Å². The van der Waals surface area contributed by atoms with Crippen molar-refractivity contribution in [2.75, 3.05) is 13.7 Å². The standard InChI is InChI=1S/C16H28O/c1-14(2)8-6-9-15(3)10-7-11-16(4)12-13-17-5/h8,10,12H,6-7,9,11,13H2,1-5H3/b15-10+,16-12+. The molecule has 0 unspecified atom stereocenters. The van der Waals surface area contributed by atoms with Crippen molar-refractivity contribution in [3.05, 3.63) is 34.9 Å². The van der Waals surface area contributed by atoms with Crippen LogP contribution in [-0.2, 0) is 4.74 Å². The maximum absolute atomic E-state index is 5.02. The molecule has 17 heavy (non-hydrogen) atoms. The molecule has 0 N–H and O–H groups in total. The second-order valence-electron chi connectivity index (χ2n) is 4.92. The predicted octanol–water partition coefficient (Wildman–Crippen LogP) is 5.05. The second-order valence-corrected chi connectivity index (χ2v) is 4.92. The van der Waals surface area contributed by atoms with Gasteiger partial charge in [-0.3, -0.25) is 0 Å². The lowest BCUT2D eigenvalue weighted by molar-refractivity contribution is 0.233. The van der Waals surface area contributed by atoms with Gasteiger partial charge in [-0.15, -0.1) is 0 Å². The third-order valence-corrected chi connectivity index (χ3v) is 2.72. The van der Waals surface area contributed by atoms with Gasteiger partial charge >= 0.3 is 0 Å². The van der Waals surface area contributed by atoms with Crippen molar-refractivity contribution in [2.45, 2.75) is 53.4 Å². The highest BCUT2D eigenvalue weighted by molar-refractivity contribution is 5.05. The van der Waals surface area contributed by atoms with Gasteiger partial charge in [0.15, 0.2) is 0 Å². The molecule has 0 aromatic heterocycles. The summed E-state index contributed by atoms with van der Waals surface area (Å²) in [6.45, 7) is 9.44. The first-order valence-electron chi connectivity index (χ1n) is 6.49. The molecule has 0 fully saturated rings. The van der Waals surface area contributed by atoms with Gasteiger partial charge in [0, 0.05) is 7.11 Å². The molecular weight excluding hydrogens is 208 g/mol. The van der Waals surface area contributed by atoms with Crippen LogP contribution in [0.4, 0.5) is 0 Å². The van der Waals surface area contributed by atoms with Crippen LogP contribution >= 0.6 is 0 Å². The van der Waals surface area contributed by atoms with Crippen molar-refractivity contribution in [3.8, 4) is 0 Å². The Morgan fingerprint density at radius 1 is 0.824 bits per heavy atom. The Morgan fingerprint density at radius 3 is 1.88 bits per heavy atom. The van der Waals surface area contributed by atoms with E-state index in [0.29, 0.717) is 0 Å². The van der Waals surface area contributed by atoms with Crippen molar-refractivity contribution in [1.82, 2.24) is 0 Å². The number of rotatable bonds is 8. The van der Waals surface area contributed by atoms with Gasteiger partial charge < -0.3 is 4.74 Å². The van der Waals surface area contributed by atoms with Crippen LogP contribution in [0.2, 0.25) is 0 Å². The normalized spacial score (nSPS) is 12.8. The van der Waals surface area contributed by atoms with Crippen molar-refractivity contribution in [1.29, 1.82) is 0 Å². The van der Waals surface area contributed by atoms with E-state index in [9.17, 15) is 0 Å². The molecule has 1 heteroatoms. The van der Waals surface area contributed by atoms with Crippen LogP contribution in [-0.4, -0.2) is 13.7 Å². The molecule has 0 aliphatic rings. The van der Waals surface area contributed by atoms with Crippen LogP contribution in [0.25, 0.3) is 0 Å². The smallest absolute Gasteiger partial charge is 0.0646 e. The van der Waals surface area contributed by atoms with Gasteiger partial charge in [-0.2, -0.15) is 0 Å². The minimum Gasteiger partial charge on any atom is -0.381 e. The SMILES string of the molecule is COC/C=C(\C)CC/C=C(\C)CCC=C(C)C. The summed E-state index contributed by atoms with van der Waals surface area (Å²) in [5, 5.41) is 0. The van der Waals surface area contributed by atoms with Crippen molar-refractivity contribution >= 4 is 0 Å². The highest BCUT2D eigenvalue weighted by atomic mass is 16.5. The summed E-state index contributed by atoms with van der Waals surface area (Å²) in [7, 11) is 1.73. The molecule has 0 spiro atoms. The Kier molecular flexibility index (Phi) is 9.84. The van der Waals surface area contributed by atoms with Gasteiger partial charge in [-0.1, -0.05) is 34.9 Å². The summed E-state index contributed by atoms with van der Waals surface area (Å²) in [6.07, 6.45) is 11.5. The molecule has 0 atom stereocenters. The summed E-state index contributed by atoms with van der Waals surface area (Å²) in [6, 6.07) is 0. The fourth-order valence-electron chi connectivity index (χ4n) is 1.56. The van der Waals surface area contributed by atoms with Crippen LogP contribution in [0.1, 0.15) is 53.4 Å². The zero-order chi connectivity index (χ0) is 13.1. The first kappa shape index (κ1) is 16.2. The average Bonchev–Trinajstić information content (AvgIpc) is 2.25. The minimum absolute atomic E-state index is 0.731. The van der Waals surface area contributed by atoms with Gasteiger partial charge in [0.2, 0.25) is 0 Å². The van der Waals surface area contributed by atoms with Gasteiger partial charge in [0.05, 0.1) is 6.61 Å². The minimum atomic E-state index is 0.731. The van der Waals surface area contributed by atoms with Crippen LogP contribution in [0, 0.1) is 0 Å². The highest BCUT2D eigenvalue weighted by Gasteiger charge is 1.91. The highest BCUT2D eigenvalue weighted by Crippen LogP contribution is 2.11. The Labute approximate surface area is 107 Å². The Hall–Kier alpha value is -0.820. The fraction of sp³-hybridized carbons (Fsp3) is 0.625. The molecule has 0 saturated carbocycles. The maximum atomic E-state index is 5.02. The second kappa shape index (κ2) is 10.3. The van der Waals surface area contributed by atoms with Crippen LogP contribution in [0.15, 0.2) is 34.9 Å². The number of ether oxygens (including phenoxy) is 1. The van der Waals surface area contributed by atoms with E-state index in [2.05, 4.69) is 45.9 Å². The molecule has 1 nitrogen and oxygen atoms in total. The lowest BCUT2D eigenvalue weighted by Crippen LogP contribution is -1.85. The quantitative estimate of drug-likeness (QED) is 0.536. The molecule has 0 radical (unpaired) electrons. The largest absolute Gasteiger partial charge is 0.381 e. The molecule has 0 aromatic carbocycles.